The Kier molecular flexibility index (Phi) is 3.62. The summed E-state index contributed by atoms with van der Waals surface area (Å²) in [4.78, 5) is 11.9. The third-order valence-electron chi connectivity index (χ3n) is 2.59. The number of halogens is 2. The minimum atomic E-state index is -1.16. The normalized spacial score (nSPS) is 9.85. The van der Waals surface area contributed by atoms with E-state index in [1.54, 1.807) is 18.2 Å². The van der Waals surface area contributed by atoms with Gasteiger partial charge in [0.25, 0.3) is 5.91 Å². The molecular formula is C14H9F2N3O. The standard InChI is InChI=1S/C14H9F2N3O/c15-11-5-10(13(18)6-12(11)16)14(20)19-9-3-1-2-8(4-9)7-17/h1-6H,18H2,(H,19,20). The van der Waals surface area contributed by atoms with Crippen LogP contribution in [-0.2, 0) is 0 Å². The molecule has 3 N–H and O–H groups in total. The quantitative estimate of drug-likeness (QED) is 0.825. The molecule has 20 heavy (non-hydrogen) atoms. The molecule has 0 aliphatic rings. The van der Waals surface area contributed by atoms with Crippen molar-refractivity contribution >= 4 is 17.3 Å². The molecule has 2 rings (SSSR count). The molecule has 0 unspecified atom stereocenters. The van der Waals surface area contributed by atoms with Crippen LogP contribution in [0.2, 0.25) is 0 Å². The fourth-order valence-electron chi connectivity index (χ4n) is 1.62. The molecule has 0 saturated heterocycles. The lowest BCUT2D eigenvalue weighted by molar-refractivity contribution is 0.102. The summed E-state index contributed by atoms with van der Waals surface area (Å²) in [6, 6.07) is 9.57. The lowest BCUT2D eigenvalue weighted by Crippen LogP contribution is -2.15. The van der Waals surface area contributed by atoms with Gasteiger partial charge in [0.2, 0.25) is 0 Å². The summed E-state index contributed by atoms with van der Waals surface area (Å²) in [6.45, 7) is 0. The number of nitriles is 1. The Bertz CT molecular complexity index is 723. The van der Waals surface area contributed by atoms with Crippen molar-refractivity contribution in [2.45, 2.75) is 0 Å². The van der Waals surface area contributed by atoms with Crippen LogP contribution in [-0.4, -0.2) is 5.91 Å². The molecule has 2 aromatic rings. The lowest BCUT2D eigenvalue weighted by atomic mass is 10.1. The van der Waals surface area contributed by atoms with Crippen LogP contribution in [0.15, 0.2) is 36.4 Å². The number of hydrogen-bond donors (Lipinski definition) is 2. The Morgan fingerprint density at radius 3 is 2.60 bits per heavy atom. The number of nitrogens with zero attached hydrogens (tertiary/aromatic N) is 1. The average Bonchev–Trinajstić information content (AvgIpc) is 2.43. The van der Waals surface area contributed by atoms with Crippen molar-refractivity contribution < 1.29 is 13.6 Å². The Morgan fingerprint density at radius 1 is 1.20 bits per heavy atom. The second kappa shape index (κ2) is 5.36. The first-order valence-corrected chi connectivity index (χ1v) is 5.57. The van der Waals surface area contributed by atoms with E-state index in [2.05, 4.69) is 5.32 Å². The zero-order chi connectivity index (χ0) is 14.7. The number of carbonyl (C=O) groups is 1. The number of hydrogen-bond acceptors (Lipinski definition) is 3. The number of nitrogens with two attached hydrogens (primary N) is 1. The van der Waals surface area contributed by atoms with Crippen molar-refractivity contribution in [2.24, 2.45) is 0 Å². The van der Waals surface area contributed by atoms with E-state index in [1.165, 1.54) is 6.07 Å². The van der Waals surface area contributed by atoms with Crippen LogP contribution in [0.3, 0.4) is 0 Å². The van der Waals surface area contributed by atoms with Crippen LogP contribution in [0.5, 0.6) is 0 Å². The molecule has 6 heteroatoms. The van der Waals surface area contributed by atoms with Gasteiger partial charge in [0.15, 0.2) is 11.6 Å². The second-order valence-electron chi connectivity index (χ2n) is 4.00. The van der Waals surface area contributed by atoms with Gasteiger partial charge in [-0.3, -0.25) is 4.79 Å². The van der Waals surface area contributed by atoms with Gasteiger partial charge < -0.3 is 11.1 Å². The third-order valence-corrected chi connectivity index (χ3v) is 2.59. The number of nitrogen functional groups attached to an aromatic ring is 1. The highest BCUT2D eigenvalue weighted by Gasteiger charge is 2.14. The van der Waals surface area contributed by atoms with E-state index in [9.17, 15) is 13.6 Å². The summed E-state index contributed by atoms with van der Waals surface area (Å²) in [5.41, 5.74) is 5.86. The summed E-state index contributed by atoms with van der Waals surface area (Å²) in [6.07, 6.45) is 0. The predicted octanol–water partition coefficient (Wildman–Crippen LogP) is 2.67. The number of nitrogens with one attached hydrogen (secondary N) is 1. The van der Waals surface area contributed by atoms with E-state index in [-0.39, 0.29) is 11.3 Å². The first kappa shape index (κ1) is 13.5. The summed E-state index contributed by atoms with van der Waals surface area (Å²) >= 11 is 0. The maximum absolute atomic E-state index is 13.1. The van der Waals surface area contributed by atoms with E-state index in [1.807, 2.05) is 6.07 Å². The lowest BCUT2D eigenvalue weighted by Gasteiger charge is -2.08. The van der Waals surface area contributed by atoms with Gasteiger partial charge in [-0.1, -0.05) is 6.07 Å². The third kappa shape index (κ3) is 2.72. The molecule has 1 amide bonds. The summed E-state index contributed by atoms with van der Waals surface area (Å²) in [5, 5.41) is 11.2. The number of anilines is 2. The van der Waals surface area contributed by atoms with Gasteiger partial charge in [-0.25, -0.2) is 8.78 Å². The molecule has 0 radical (unpaired) electrons. The monoisotopic (exact) mass is 273 g/mol. The van der Waals surface area contributed by atoms with Gasteiger partial charge in [0, 0.05) is 17.4 Å². The molecule has 0 aromatic heterocycles. The Labute approximate surface area is 113 Å². The van der Waals surface area contributed by atoms with Gasteiger partial charge in [-0.05, 0) is 24.3 Å². The molecule has 4 nitrogen and oxygen atoms in total. The zero-order valence-corrected chi connectivity index (χ0v) is 10.2. The average molecular weight is 273 g/mol. The first-order chi connectivity index (χ1) is 9.51. The molecule has 0 bridgehead atoms. The van der Waals surface area contributed by atoms with Crippen LogP contribution in [0, 0.1) is 23.0 Å². The first-order valence-electron chi connectivity index (χ1n) is 5.57. The molecule has 0 spiro atoms. The molecule has 2 aromatic carbocycles. The molecule has 0 fully saturated rings. The highest BCUT2D eigenvalue weighted by molar-refractivity contribution is 6.07. The summed E-state index contributed by atoms with van der Waals surface area (Å²) in [7, 11) is 0. The van der Waals surface area contributed by atoms with Gasteiger partial charge in [0.05, 0.1) is 17.2 Å². The highest BCUT2D eigenvalue weighted by atomic mass is 19.2. The number of amides is 1. The SMILES string of the molecule is N#Cc1cccc(NC(=O)c2cc(F)c(F)cc2N)c1. The van der Waals surface area contributed by atoms with E-state index < -0.39 is 17.5 Å². The molecule has 0 aliphatic heterocycles. The number of carbonyl (C=O) groups excluding carboxylic acids is 1. The van der Waals surface area contributed by atoms with Gasteiger partial charge in [0.1, 0.15) is 0 Å². The maximum atomic E-state index is 13.1. The summed E-state index contributed by atoms with van der Waals surface area (Å²) < 4.78 is 26.0. The smallest absolute Gasteiger partial charge is 0.257 e. The van der Waals surface area contributed by atoms with E-state index >= 15 is 0 Å². The topological polar surface area (TPSA) is 78.9 Å². The van der Waals surface area contributed by atoms with Crippen molar-refractivity contribution in [3.8, 4) is 6.07 Å². The van der Waals surface area contributed by atoms with E-state index in [0.29, 0.717) is 11.3 Å². The molecule has 0 atom stereocenters. The molecule has 0 aliphatic carbocycles. The van der Waals surface area contributed by atoms with Crippen LogP contribution in [0.4, 0.5) is 20.2 Å². The fourth-order valence-corrected chi connectivity index (χ4v) is 1.62. The summed E-state index contributed by atoms with van der Waals surface area (Å²) in [5.74, 6) is -2.96. The fraction of sp³-hybridized carbons (Fsp3) is 0. The molecular weight excluding hydrogens is 264 g/mol. The molecule has 0 heterocycles. The number of benzene rings is 2. The van der Waals surface area contributed by atoms with Gasteiger partial charge in [-0.2, -0.15) is 5.26 Å². The maximum Gasteiger partial charge on any atom is 0.257 e. The van der Waals surface area contributed by atoms with Crippen molar-refractivity contribution in [1.82, 2.24) is 0 Å². The predicted molar refractivity (Wildman–Crippen MR) is 69.9 cm³/mol. The second-order valence-corrected chi connectivity index (χ2v) is 4.00. The highest BCUT2D eigenvalue weighted by Crippen LogP contribution is 2.19. The molecule has 0 saturated carbocycles. The Morgan fingerprint density at radius 2 is 1.90 bits per heavy atom. The Balaban J connectivity index is 2.28. The van der Waals surface area contributed by atoms with Crippen LogP contribution >= 0.6 is 0 Å². The van der Waals surface area contributed by atoms with Gasteiger partial charge in [-0.15, -0.1) is 0 Å². The van der Waals surface area contributed by atoms with E-state index in [0.717, 1.165) is 12.1 Å². The van der Waals surface area contributed by atoms with Crippen molar-refractivity contribution in [1.29, 1.82) is 5.26 Å². The van der Waals surface area contributed by atoms with Crippen molar-refractivity contribution in [3.05, 3.63) is 59.2 Å². The van der Waals surface area contributed by atoms with Crippen molar-refractivity contribution in [2.75, 3.05) is 11.1 Å². The molecule has 100 valence electrons. The van der Waals surface area contributed by atoms with Crippen LogP contribution < -0.4 is 11.1 Å². The minimum absolute atomic E-state index is 0.169. The zero-order valence-electron chi connectivity index (χ0n) is 10.2. The van der Waals surface area contributed by atoms with Crippen LogP contribution in [0.25, 0.3) is 0 Å². The van der Waals surface area contributed by atoms with Crippen LogP contribution in [0.1, 0.15) is 15.9 Å². The Hall–Kier alpha value is -2.94. The van der Waals surface area contributed by atoms with E-state index in [4.69, 9.17) is 11.0 Å². The van der Waals surface area contributed by atoms with Crippen molar-refractivity contribution in [3.63, 3.8) is 0 Å². The minimum Gasteiger partial charge on any atom is -0.398 e. The van der Waals surface area contributed by atoms with Gasteiger partial charge >= 0.3 is 0 Å². The number of rotatable bonds is 2. The largest absolute Gasteiger partial charge is 0.398 e.